The average molecular weight is 286 g/mol. The normalized spacial score (nSPS) is 9.53. The summed E-state index contributed by atoms with van der Waals surface area (Å²) in [5.41, 5.74) is 1.07. The fourth-order valence-electron chi connectivity index (χ4n) is 1.33. The van der Waals surface area contributed by atoms with Gasteiger partial charge in [0.1, 0.15) is 5.03 Å². The van der Waals surface area contributed by atoms with Crippen LogP contribution in [-0.4, -0.2) is 10.8 Å². The number of hydrogen-bond acceptors (Lipinski definition) is 3. The van der Waals surface area contributed by atoms with Crippen LogP contribution in [0.3, 0.4) is 0 Å². The van der Waals surface area contributed by atoms with Crippen molar-refractivity contribution in [3.05, 3.63) is 58.7 Å². The minimum atomic E-state index is -0.102. The number of carbonyl (C=O) groups is 1. The van der Waals surface area contributed by atoms with E-state index in [1.165, 1.54) is 0 Å². The molecule has 5 heteroatoms. The van der Waals surface area contributed by atoms with Gasteiger partial charge >= 0.3 is 0 Å². The van der Waals surface area contributed by atoms with E-state index in [0.29, 0.717) is 21.2 Å². The Morgan fingerprint density at radius 2 is 1.82 bits per heavy atom. The average Bonchev–Trinajstić information content (AvgIpc) is 2.30. The van der Waals surface area contributed by atoms with Gasteiger partial charge in [0.2, 0.25) is 0 Å². The highest BCUT2D eigenvalue weighted by Gasteiger charge is 2.11. The Morgan fingerprint density at radius 3 is 2.41 bits per heavy atom. The van der Waals surface area contributed by atoms with E-state index in [9.17, 15) is 4.79 Å². The summed E-state index contributed by atoms with van der Waals surface area (Å²) in [5, 5.41) is 1.04. The third-order valence-electron chi connectivity index (χ3n) is 2.14. The number of nitrogens with zero attached hydrogens (tertiary/aromatic N) is 1. The Bertz CT molecular complexity index is 528. The Balaban J connectivity index is 0.00000144. The number of hydrogen-bond donors (Lipinski definition) is 1. The van der Waals surface area contributed by atoms with Crippen LogP contribution < -0.4 is 0 Å². The van der Waals surface area contributed by atoms with Crippen molar-refractivity contribution in [2.24, 2.45) is 0 Å². The maximum atomic E-state index is 12.0. The fourth-order valence-corrected chi connectivity index (χ4v) is 1.70. The summed E-state index contributed by atoms with van der Waals surface area (Å²) in [4.78, 5) is 16.0. The Hall–Kier alpha value is -1.03. The zero-order valence-corrected chi connectivity index (χ0v) is 11.1. The lowest BCUT2D eigenvalue weighted by atomic mass is 10.1. The van der Waals surface area contributed by atoms with Crippen LogP contribution in [0.4, 0.5) is 0 Å². The van der Waals surface area contributed by atoms with E-state index in [0.717, 1.165) is 0 Å². The molecule has 0 saturated heterocycles. The largest absolute Gasteiger partial charge is 0.289 e. The van der Waals surface area contributed by atoms with E-state index in [1.54, 1.807) is 42.6 Å². The van der Waals surface area contributed by atoms with Crippen LogP contribution in [0, 0.1) is 0 Å². The monoisotopic (exact) mass is 285 g/mol. The molecule has 17 heavy (non-hydrogen) atoms. The van der Waals surface area contributed by atoms with Crippen molar-refractivity contribution >= 4 is 42.4 Å². The second kappa shape index (κ2) is 6.05. The van der Waals surface area contributed by atoms with Crippen LogP contribution in [-0.2, 0) is 0 Å². The molecule has 0 radical (unpaired) electrons. The first-order valence-electron chi connectivity index (χ1n) is 4.63. The molecule has 88 valence electrons. The Kier molecular flexibility index (Phi) is 5.00. The van der Waals surface area contributed by atoms with Crippen LogP contribution in [0.5, 0.6) is 0 Å². The zero-order chi connectivity index (χ0) is 11.5. The van der Waals surface area contributed by atoms with E-state index in [1.807, 2.05) is 0 Å². The molecular weight excluding hydrogens is 277 g/mol. The number of halogens is 2. The zero-order valence-electron chi connectivity index (χ0n) is 8.63. The van der Waals surface area contributed by atoms with Gasteiger partial charge in [-0.25, -0.2) is 4.98 Å². The molecule has 1 aromatic carbocycles. The number of ketones is 1. The van der Waals surface area contributed by atoms with Gasteiger partial charge in [-0.1, -0.05) is 11.6 Å². The molecule has 2 aromatic rings. The third-order valence-corrected chi connectivity index (χ3v) is 2.75. The van der Waals surface area contributed by atoms with Crippen molar-refractivity contribution in [2.45, 2.75) is 5.03 Å². The highest BCUT2D eigenvalue weighted by Crippen LogP contribution is 2.17. The van der Waals surface area contributed by atoms with Crippen molar-refractivity contribution in [1.82, 2.24) is 4.98 Å². The topological polar surface area (TPSA) is 30.0 Å². The molecule has 0 fully saturated rings. The fraction of sp³-hybridized carbons (Fsp3) is 0. The van der Waals surface area contributed by atoms with Gasteiger partial charge in [0, 0.05) is 16.8 Å². The van der Waals surface area contributed by atoms with Crippen LogP contribution in [0.25, 0.3) is 0 Å². The van der Waals surface area contributed by atoms with Crippen molar-refractivity contribution in [1.29, 1.82) is 0 Å². The van der Waals surface area contributed by atoms with Gasteiger partial charge in [0.15, 0.2) is 5.78 Å². The van der Waals surface area contributed by atoms with E-state index in [-0.39, 0.29) is 18.2 Å². The second-order valence-corrected chi connectivity index (χ2v) is 4.07. The molecule has 0 aliphatic rings. The highest BCUT2D eigenvalue weighted by molar-refractivity contribution is 7.80. The highest BCUT2D eigenvalue weighted by atomic mass is 35.5. The predicted octanol–water partition coefficient (Wildman–Crippen LogP) is 3.68. The number of aromatic nitrogens is 1. The van der Waals surface area contributed by atoms with E-state index in [4.69, 9.17) is 11.6 Å². The lowest BCUT2D eigenvalue weighted by Gasteiger charge is -2.03. The van der Waals surface area contributed by atoms with Crippen molar-refractivity contribution in [3.63, 3.8) is 0 Å². The van der Waals surface area contributed by atoms with Gasteiger partial charge in [-0.05, 0) is 36.4 Å². The minimum absolute atomic E-state index is 0. The molecule has 0 atom stereocenters. The first kappa shape index (κ1) is 14.0. The molecule has 2 nitrogen and oxygen atoms in total. The van der Waals surface area contributed by atoms with Crippen LogP contribution >= 0.6 is 36.6 Å². The lowest BCUT2D eigenvalue weighted by molar-refractivity contribution is 0.103. The smallest absolute Gasteiger partial charge is 0.195 e. The van der Waals surface area contributed by atoms with Gasteiger partial charge < -0.3 is 0 Å². The van der Waals surface area contributed by atoms with Crippen molar-refractivity contribution < 1.29 is 4.79 Å². The minimum Gasteiger partial charge on any atom is -0.289 e. The number of pyridine rings is 1. The van der Waals surface area contributed by atoms with Gasteiger partial charge in [0.25, 0.3) is 0 Å². The van der Waals surface area contributed by atoms with Crippen LogP contribution in [0.1, 0.15) is 15.9 Å². The molecule has 0 spiro atoms. The Labute approximate surface area is 116 Å². The van der Waals surface area contributed by atoms with Gasteiger partial charge in [-0.15, -0.1) is 25.0 Å². The molecular formula is C12H9Cl2NOS. The summed E-state index contributed by atoms with van der Waals surface area (Å²) in [5.74, 6) is -0.102. The third kappa shape index (κ3) is 3.22. The first-order chi connectivity index (χ1) is 7.68. The Morgan fingerprint density at radius 1 is 1.18 bits per heavy atom. The quantitative estimate of drug-likeness (QED) is 0.674. The standard InChI is InChI=1S/C12H8ClNOS.ClH/c13-9-5-3-8(4-6-9)11(15)10-2-1-7-14-12(10)16;/h1-7H,(H,14,16);1H. The maximum absolute atomic E-state index is 12.0. The van der Waals surface area contributed by atoms with Crippen molar-refractivity contribution in [2.75, 3.05) is 0 Å². The SMILES string of the molecule is Cl.O=C(c1ccc(Cl)cc1)c1cccnc1S. The lowest BCUT2D eigenvalue weighted by Crippen LogP contribution is -2.03. The molecule has 0 aliphatic heterocycles. The number of thiol groups is 1. The summed E-state index contributed by atoms with van der Waals surface area (Å²) >= 11 is 9.90. The van der Waals surface area contributed by atoms with E-state index < -0.39 is 0 Å². The molecule has 0 unspecified atom stereocenters. The molecule has 0 aliphatic carbocycles. The summed E-state index contributed by atoms with van der Waals surface area (Å²) in [6, 6.07) is 10.2. The number of benzene rings is 1. The predicted molar refractivity (Wildman–Crippen MR) is 73.6 cm³/mol. The maximum Gasteiger partial charge on any atom is 0.195 e. The molecule has 1 aromatic heterocycles. The molecule has 0 amide bonds. The number of rotatable bonds is 2. The molecule has 1 heterocycles. The van der Waals surface area contributed by atoms with Gasteiger partial charge in [-0.3, -0.25) is 4.79 Å². The summed E-state index contributed by atoms with van der Waals surface area (Å²) in [7, 11) is 0. The van der Waals surface area contributed by atoms with Crippen molar-refractivity contribution in [3.8, 4) is 0 Å². The van der Waals surface area contributed by atoms with E-state index >= 15 is 0 Å². The summed E-state index contributed by atoms with van der Waals surface area (Å²) in [6.45, 7) is 0. The second-order valence-electron chi connectivity index (χ2n) is 3.21. The molecule has 2 rings (SSSR count). The molecule has 0 bridgehead atoms. The van der Waals surface area contributed by atoms with Gasteiger partial charge in [-0.2, -0.15) is 0 Å². The van der Waals surface area contributed by atoms with E-state index in [2.05, 4.69) is 17.6 Å². The molecule has 0 saturated carbocycles. The van der Waals surface area contributed by atoms with Gasteiger partial charge in [0.05, 0.1) is 5.56 Å². The first-order valence-corrected chi connectivity index (χ1v) is 5.45. The van der Waals surface area contributed by atoms with Crippen LogP contribution in [0.15, 0.2) is 47.6 Å². The molecule has 0 N–H and O–H groups in total. The number of carbonyl (C=O) groups excluding carboxylic acids is 1. The summed E-state index contributed by atoms with van der Waals surface area (Å²) in [6.07, 6.45) is 1.60. The van der Waals surface area contributed by atoms with Crippen LogP contribution in [0.2, 0.25) is 5.02 Å². The summed E-state index contributed by atoms with van der Waals surface area (Å²) < 4.78 is 0.